The van der Waals surface area contributed by atoms with E-state index in [4.69, 9.17) is 20.9 Å². The van der Waals surface area contributed by atoms with E-state index in [2.05, 4.69) is 31.2 Å². The summed E-state index contributed by atoms with van der Waals surface area (Å²) in [4.78, 5) is 26.3. The van der Waals surface area contributed by atoms with Crippen LogP contribution in [0.1, 0.15) is 114 Å². The van der Waals surface area contributed by atoms with Crippen molar-refractivity contribution in [1.29, 1.82) is 0 Å². The molecule has 1 amide bonds. The van der Waals surface area contributed by atoms with Gasteiger partial charge in [0, 0.05) is 17.9 Å². The Kier molecular flexibility index (Phi) is 8.32. The highest BCUT2D eigenvalue weighted by Gasteiger charge is 2.41. The van der Waals surface area contributed by atoms with Crippen LogP contribution >= 0.6 is 11.6 Å². The van der Waals surface area contributed by atoms with Crippen LogP contribution in [0.15, 0.2) is 22.7 Å². The van der Waals surface area contributed by atoms with Gasteiger partial charge in [0.1, 0.15) is 11.4 Å². The maximum Gasteiger partial charge on any atom is 0.307 e. The summed E-state index contributed by atoms with van der Waals surface area (Å²) in [6.45, 7) is 14.3. The zero-order valence-electron chi connectivity index (χ0n) is 23.9. The fraction of sp³-hybridized carbons (Fsp3) is 0.645. The number of amides is 1. The smallest absolute Gasteiger partial charge is 0.307 e. The quantitative estimate of drug-likeness (QED) is 0.325. The summed E-state index contributed by atoms with van der Waals surface area (Å²) in [7, 11) is 0. The van der Waals surface area contributed by atoms with Crippen LogP contribution in [0.4, 0.5) is 5.69 Å². The van der Waals surface area contributed by atoms with Crippen molar-refractivity contribution in [2.75, 3.05) is 5.32 Å². The first-order valence-corrected chi connectivity index (χ1v) is 14.3. The number of aryl methyl sites for hydroxylation is 1. The predicted octanol–water partition coefficient (Wildman–Crippen LogP) is 7.97. The first-order chi connectivity index (χ1) is 17.7. The largest absolute Gasteiger partial charge is 0.460 e. The molecule has 38 heavy (non-hydrogen) atoms. The summed E-state index contributed by atoms with van der Waals surface area (Å²) in [5.74, 6) is 1.20. The number of esters is 1. The normalized spacial score (nSPS) is 20.5. The molecule has 208 valence electrons. The molecule has 1 aromatic carbocycles. The van der Waals surface area contributed by atoms with Gasteiger partial charge in [-0.2, -0.15) is 0 Å². The van der Waals surface area contributed by atoms with Gasteiger partial charge in [-0.1, -0.05) is 43.6 Å². The first-order valence-electron chi connectivity index (χ1n) is 14.0. The Labute approximate surface area is 232 Å². The second-order valence-electron chi connectivity index (χ2n) is 13.6. The van der Waals surface area contributed by atoms with E-state index in [1.165, 1.54) is 12.0 Å². The summed E-state index contributed by atoms with van der Waals surface area (Å²) in [5.41, 5.74) is 3.21. The second-order valence-corrected chi connectivity index (χ2v) is 14.1. The summed E-state index contributed by atoms with van der Waals surface area (Å²) in [6.07, 6.45) is 5.96. The number of nitrogens with one attached hydrogen (secondary N) is 1. The molecule has 4 rings (SSSR count). The van der Waals surface area contributed by atoms with Crippen LogP contribution < -0.4 is 5.32 Å². The molecule has 0 spiro atoms. The summed E-state index contributed by atoms with van der Waals surface area (Å²) < 4.78 is 11.5. The lowest BCUT2D eigenvalue weighted by Crippen LogP contribution is -2.31. The van der Waals surface area contributed by atoms with E-state index in [1.54, 1.807) is 12.1 Å². The minimum absolute atomic E-state index is 0.0457. The number of rotatable bonds is 9. The third-order valence-corrected chi connectivity index (χ3v) is 7.66. The molecule has 0 unspecified atom stereocenters. The molecular weight excluding hydrogens is 500 g/mol. The fourth-order valence-electron chi connectivity index (χ4n) is 5.61. The van der Waals surface area contributed by atoms with Crippen molar-refractivity contribution in [2.24, 2.45) is 17.3 Å². The number of anilines is 1. The Morgan fingerprint density at radius 2 is 1.82 bits per heavy atom. The van der Waals surface area contributed by atoms with Gasteiger partial charge in [-0.05, 0) is 94.7 Å². The lowest BCUT2D eigenvalue weighted by Gasteiger charge is -2.38. The van der Waals surface area contributed by atoms with Gasteiger partial charge in [-0.3, -0.25) is 9.59 Å². The fourth-order valence-corrected chi connectivity index (χ4v) is 5.89. The number of benzene rings is 1. The highest BCUT2D eigenvalue weighted by atomic mass is 35.5. The van der Waals surface area contributed by atoms with Crippen molar-refractivity contribution in [3.05, 3.63) is 45.8 Å². The number of carbonyl (C=O) groups excluding carboxylic acids is 2. The van der Waals surface area contributed by atoms with Gasteiger partial charge in [-0.15, -0.1) is 0 Å². The molecule has 1 aromatic heterocycles. The Morgan fingerprint density at radius 3 is 2.39 bits per heavy atom. The minimum Gasteiger partial charge on any atom is -0.460 e. The molecule has 1 N–H and O–H groups in total. The van der Waals surface area contributed by atoms with E-state index < -0.39 is 17.5 Å². The Balaban J connectivity index is 1.53. The van der Waals surface area contributed by atoms with Gasteiger partial charge in [0.05, 0.1) is 28.7 Å². The van der Waals surface area contributed by atoms with E-state index >= 15 is 0 Å². The molecule has 0 saturated heterocycles. The zero-order valence-corrected chi connectivity index (χ0v) is 24.7. The lowest BCUT2D eigenvalue weighted by atomic mass is 9.67. The van der Waals surface area contributed by atoms with Crippen molar-refractivity contribution in [3.63, 3.8) is 0 Å². The van der Waals surface area contributed by atoms with Crippen LogP contribution in [-0.4, -0.2) is 22.6 Å². The highest BCUT2D eigenvalue weighted by molar-refractivity contribution is 6.33. The van der Waals surface area contributed by atoms with Crippen LogP contribution in [-0.2, 0) is 20.7 Å². The number of halogens is 1. The van der Waals surface area contributed by atoms with Gasteiger partial charge in [0.2, 0.25) is 5.91 Å². The topological polar surface area (TPSA) is 81.4 Å². The Bertz CT molecular complexity index is 1160. The molecule has 2 fully saturated rings. The molecule has 2 aliphatic carbocycles. The van der Waals surface area contributed by atoms with Crippen molar-refractivity contribution in [2.45, 2.75) is 111 Å². The molecule has 6 nitrogen and oxygen atoms in total. The van der Waals surface area contributed by atoms with Gasteiger partial charge in [0.15, 0.2) is 0 Å². The molecule has 0 radical (unpaired) electrons. The monoisotopic (exact) mass is 542 g/mol. The van der Waals surface area contributed by atoms with Crippen LogP contribution in [0, 0.1) is 24.2 Å². The highest BCUT2D eigenvalue weighted by Crippen LogP contribution is 2.52. The van der Waals surface area contributed by atoms with Crippen molar-refractivity contribution >= 4 is 29.2 Å². The van der Waals surface area contributed by atoms with Crippen molar-refractivity contribution in [3.8, 4) is 0 Å². The third-order valence-electron chi connectivity index (χ3n) is 7.35. The van der Waals surface area contributed by atoms with Gasteiger partial charge in [-0.25, -0.2) is 0 Å². The first kappa shape index (κ1) is 28.7. The van der Waals surface area contributed by atoms with Gasteiger partial charge >= 0.3 is 5.97 Å². The van der Waals surface area contributed by atoms with E-state index in [9.17, 15) is 9.59 Å². The Hall–Kier alpha value is -2.34. The molecule has 0 aliphatic heterocycles. The average molecular weight is 543 g/mol. The lowest BCUT2D eigenvalue weighted by molar-refractivity contribution is -0.157. The second kappa shape index (κ2) is 11.0. The molecule has 7 heteroatoms. The maximum absolute atomic E-state index is 13.5. The molecule has 2 aromatic rings. The van der Waals surface area contributed by atoms with Crippen molar-refractivity contribution < 1.29 is 18.8 Å². The van der Waals surface area contributed by atoms with E-state index in [0.717, 1.165) is 42.7 Å². The van der Waals surface area contributed by atoms with Crippen molar-refractivity contribution in [1.82, 2.24) is 5.16 Å². The average Bonchev–Trinajstić information content (AvgIpc) is 3.50. The predicted molar refractivity (Wildman–Crippen MR) is 150 cm³/mol. The molecule has 2 aliphatic rings. The molecule has 1 heterocycles. The third kappa shape index (κ3) is 7.62. The van der Waals surface area contributed by atoms with Gasteiger partial charge < -0.3 is 14.6 Å². The Morgan fingerprint density at radius 1 is 1.13 bits per heavy atom. The van der Waals surface area contributed by atoms with E-state index in [-0.39, 0.29) is 12.3 Å². The number of hydrogen-bond donors (Lipinski definition) is 1. The molecule has 1 atom stereocenters. The van der Waals surface area contributed by atoms with Crippen LogP contribution in [0.3, 0.4) is 0 Å². The standard InChI is InChI=1S/C31H43ClN2O4/c1-18-8-11-24(23(32)12-18)33-29(36)22(16-26(35)37-31(5,6)7)15-25-27(20-9-10-20)28(38-34-25)21-13-19(14-21)17-30(2,3)4/h8,11-12,19-22H,9-10,13-17H2,1-7H3,(H,33,36)/t19?,21?,22-/m1/s1. The number of nitrogens with zero attached hydrogens (tertiary/aromatic N) is 1. The number of hydrogen-bond acceptors (Lipinski definition) is 5. The number of carbonyl (C=O) groups is 2. The minimum atomic E-state index is -0.660. The number of ether oxygens (including phenoxy) is 1. The SMILES string of the molecule is Cc1ccc(NC(=O)[C@@H](CC(=O)OC(C)(C)C)Cc2noc(C3CC(CC(C)(C)C)C3)c2C2CC2)c(Cl)c1. The summed E-state index contributed by atoms with van der Waals surface area (Å²) in [5, 5.41) is 7.88. The summed E-state index contributed by atoms with van der Waals surface area (Å²) >= 11 is 6.39. The maximum atomic E-state index is 13.5. The molecular formula is C31H43ClN2O4. The van der Waals surface area contributed by atoms with E-state index in [0.29, 0.717) is 40.3 Å². The van der Waals surface area contributed by atoms with E-state index in [1.807, 2.05) is 33.8 Å². The number of aromatic nitrogens is 1. The zero-order chi connectivity index (χ0) is 27.8. The van der Waals surface area contributed by atoms with Crippen LogP contribution in [0.5, 0.6) is 0 Å². The van der Waals surface area contributed by atoms with Crippen LogP contribution in [0.2, 0.25) is 5.02 Å². The van der Waals surface area contributed by atoms with Crippen LogP contribution in [0.25, 0.3) is 0 Å². The molecule has 2 saturated carbocycles. The van der Waals surface area contributed by atoms with Gasteiger partial charge in [0.25, 0.3) is 0 Å². The molecule has 0 bridgehead atoms. The summed E-state index contributed by atoms with van der Waals surface area (Å²) in [6, 6.07) is 5.49.